The number of piperidine rings is 1. The molecule has 0 aliphatic carbocycles. The zero-order chi connectivity index (χ0) is 14.4. The van der Waals surface area contributed by atoms with Gasteiger partial charge in [-0.05, 0) is 31.9 Å². The second-order valence-corrected chi connectivity index (χ2v) is 5.28. The molecule has 2 rings (SSSR count). The van der Waals surface area contributed by atoms with Gasteiger partial charge in [-0.25, -0.2) is 0 Å². The predicted octanol–water partition coefficient (Wildman–Crippen LogP) is 2.00. The molecule has 1 aromatic rings. The molecule has 1 saturated heterocycles. The van der Waals surface area contributed by atoms with Crippen LogP contribution in [0.5, 0.6) is 0 Å². The van der Waals surface area contributed by atoms with Crippen LogP contribution in [0.1, 0.15) is 31.4 Å². The number of carbonyl (C=O) groups excluding carboxylic acids is 1. The van der Waals surface area contributed by atoms with Gasteiger partial charge in [0.1, 0.15) is 0 Å². The van der Waals surface area contributed by atoms with E-state index in [9.17, 15) is 9.90 Å². The Morgan fingerprint density at radius 3 is 2.90 bits per heavy atom. The van der Waals surface area contributed by atoms with E-state index in [1.807, 2.05) is 37.3 Å². The van der Waals surface area contributed by atoms with Crippen LogP contribution in [0, 0.1) is 5.92 Å². The van der Waals surface area contributed by atoms with Gasteiger partial charge in [-0.15, -0.1) is 0 Å². The molecule has 1 heterocycles. The van der Waals surface area contributed by atoms with Crippen LogP contribution in [0.3, 0.4) is 0 Å². The Balaban J connectivity index is 1.88. The van der Waals surface area contributed by atoms with Crippen molar-refractivity contribution >= 4 is 5.97 Å². The van der Waals surface area contributed by atoms with E-state index in [1.165, 1.54) is 0 Å². The average molecular weight is 277 g/mol. The Morgan fingerprint density at radius 2 is 2.20 bits per heavy atom. The van der Waals surface area contributed by atoms with Gasteiger partial charge in [0, 0.05) is 13.1 Å². The number of hydrogen-bond acceptors (Lipinski definition) is 4. The van der Waals surface area contributed by atoms with Crippen LogP contribution in [0.4, 0.5) is 0 Å². The third-order valence-electron chi connectivity index (χ3n) is 3.74. The standard InChI is InChI=1S/C16H23NO3/c1-2-20-16(19)14-9-6-10-17(11-14)12-15(18)13-7-4-3-5-8-13/h3-5,7-8,14-15,18H,2,6,9-12H2,1H3/t14-,15+/m1/s1. The summed E-state index contributed by atoms with van der Waals surface area (Å²) in [7, 11) is 0. The Bertz CT molecular complexity index is 421. The molecule has 1 aliphatic rings. The first-order valence-corrected chi connectivity index (χ1v) is 7.32. The van der Waals surface area contributed by atoms with Gasteiger partial charge in [-0.3, -0.25) is 9.69 Å². The molecule has 0 aromatic heterocycles. The summed E-state index contributed by atoms with van der Waals surface area (Å²) in [4.78, 5) is 13.9. The summed E-state index contributed by atoms with van der Waals surface area (Å²) in [6.45, 7) is 4.45. The number of β-amino-alcohol motifs (C(OH)–C–C–N with tert-alkyl or cyclic N) is 1. The van der Waals surface area contributed by atoms with Crippen molar-refractivity contribution in [3.8, 4) is 0 Å². The summed E-state index contributed by atoms with van der Waals surface area (Å²) in [6, 6.07) is 9.65. The molecule has 4 heteroatoms. The van der Waals surface area contributed by atoms with E-state index in [0.29, 0.717) is 19.7 Å². The number of hydrogen-bond donors (Lipinski definition) is 1. The number of ether oxygens (including phenoxy) is 1. The summed E-state index contributed by atoms with van der Waals surface area (Å²) in [5.41, 5.74) is 0.922. The lowest BCUT2D eigenvalue weighted by Crippen LogP contribution is -2.41. The highest BCUT2D eigenvalue weighted by atomic mass is 16.5. The van der Waals surface area contributed by atoms with Gasteiger partial charge < -0.3 is 9.84 Å². The Morgan fingerprint density at radius 1 is 1.45 bits per heavy atom. The molecule has 1 aromatic carbocycles. The summed E-state index contributed by atoms with van der Waals surface area (Å²) in [5, 5.41) is 10.2. The lowest BCUT2D eigenvalue weighted by atomic mass is 9.97. The van der Waals surface area contributed by atoms with Crippen molar-refractivity contribution in [1.82, 2.24) is 4.90 Å². The van der Waals surface area contributed by atoms with Gasteiger partial charge in [0.25, 0.3) is 0 Å². The number of rotatable bonds is 5. The monoisotopic (exact) mass is 277 g/mol. The largest absolute Gasteiger partial charge is 0.466 e. The molecule has 0 bridgehead atoms. The van der Waals surface area contributed by atoms with E-state index < -0.39 is 6.10 Å². The maximum absolute atomic E-state index is 11.8. The molecule has 0 saturated carbocycles. The quantitative estimate of drug-likeness (QED) is 0.836. The average Bonchev–Trinajstić information content (AvgIpc) is 2.48. The van der Waals surface area contributed by atoms with Gasteiger partial charge >= 0.3 is 5.97 Å². The Labute approximate surface area is 120 Å². The van der Waals surface area contributed by atoms with Crippen LogP contribution < -0.4 is 0 Å². The summed E-state index contributed by atoms with van der Waals surface area (Å²) in [6.07, 6.45) is 1.36. The van der Waals surface area contributed by atoms with Crippen molar-refractivity contribution in [1.29, 1.82) is 0 Å². The molecule has 1 N–H and O–H groups in total. The number of likely N-dealkylation sites (tertiary alicyclic amines) is 1. The minimum Gasteiger partial charge on any atom is -0.466 e. The van der Waals surface area contributed by atoms with Crippen molar-refractivity contribution in [2.45, 2.75) is 25.9 Å². The van der Waals surface area contributed by atoms with Crippen LogP contribution in [-0.2, 0) is 9.53 Å². The molecule has 4 nitrogen and oxygen atoms in total. The minimum absolute atomic E-state index is 0.0494. The first-order valence-electron chi connectivity index (χ1n) is 7.32. The molecular weight excluding hydrogens is 254 g/mol. The fourth-order valence-corrected chi connectivity index (χ4v) is 2.70. The molecule has 1 aliphatic heterocycles. The topological polar surface area (TPSA) is 49.8 Å². The number of benzene rings is 1. The zero-order valence-corrected chi connectivity index (χ0v) is 12.0. The maximum Gasteiger partial charge on any atom is 0.310 e. The second kappa shape index (κ2) is 7.41. The van der Waals surface area contributed by atoms with Crippen molar-refractivity contribution in [3.05, 3.63) is 35.9 Å². The van der Waals surface area contributed by atoms with Crippen LogP contribution in [0.15, 0.2) is 30.3 Å². The smallest absolute Gasteiger partial charge is 0.310 e. The van der Waals surface area contributed by atoms with Crippen LogP contribution in [0.25, 0.3) is 0 Å². The Hall–Kier alpha value is -1.39. The summed E-state index contributed by atoms with van der Waals surface area (Å²) >= 11 is 0. The number of aliphatic hydroxyl groups is 1. The van der Waals surface area contributed by atoms with E-state index in [4.69, 9.17) is 4.74 Å². The molecular formula is C16H23NO3. The van der Waals surface area contributed by atoms with Crippen LogP contribution in [0.2, 0.25) is 0 Å². The number of carbonyl (C=O) groups is 1. The number of nitrogens with zero attached hydrogens (tertiary/aromatic N) is 1. The SMILES string of the molecule is CCOC(=O)[C@@H]1CCCN(C[C@H](O)c2ccccc2)C1. The van der Waals surface area contributed by atoms with Gasteiger partial charge in [-0.2, -0.15) is 0 Å². The molecule has 0 amide bonds. The lowest BCUT2D eigenvalue weighted by Gasteiger charge is -2.32. The first-order chi connectivity index (χ1) is 9.70. The summed E-state index contributed by atoms with van der Waals surface area (Å²) < 4.78 is 5.09. The highest BCUT2D eigenvalue weighted by Crippen LogP contribution is 2.21. The molecule has 1 fully saturated rings. The zero-order valence-electron chi connectivity index (χ0n) is 12.0. The van der Waals surface area contributed by atoms with E-state index in [-0.39, 0.29) is 11.9 Å². The third-order valence-corrected chi connectivity index (χ3v) is 3.74. The maximum atomic E-state index is 11.8. The molecule has 0 radical (unpaired) electrons. The Kier molecular flexibility index (Phi) is 5.56. The lowest BCUT2D eigenvalue weighted by molar-refractivity contribution is -0.150. The minimum atomic E-state index is -0.503. The van der Waals surface area contributed by atoms with Crippen molar-refractivity contribution in [3.63, 3.8) is 0 Å². The normalized spacial score (nSPS) is 21.4. The van der Waals surface area contributed by atoms with E-state index in [0.717, 1.165) is 24.9 Å². The van der Waals surface area contributed by atoms with Crippen molar-refractivity contribution in [2.24, 2.45) is 5.92 Å². The number of aliphatic hydroxyl groups excluding tert-OH is 1. The predicted molar refractivity (Wildman–Crippen MR) is 77.2 cm³/mol. The number of esters is 1. The highest BCUT2D eigenvalue weighted by molar-refractivity contribution is 5.72. The molecule has 20 heavy (non-hydrogen) atoms. The second-order valence-electron chi connectivity index (χ2n) is 5.28. The van der Waals surface area contributed by atoms with Gasteiger partial charge in [-0.1, -0.05) is 30.3 Å². The molecule has 0 spiro atoms. The highest BCUT2D eigenvalue weighted by Gasteiger charge is 2.27. The molecule has 2 atom stereocenters. The first kappa shape index (κ1) is 15.0. The molecule has 0 unspecified atom stereocenters. The van der Waals surface area contributed by atoms with Crippen molar-refractivity contribution in [2.75, 3.05) is 26.2 Å². The van der Waals surface area contributed by atoms with Gasteiger partial charge in [0.2, 0.25) is 0 Å². The third kappa shape index (κ3) is 4.05. The molecule has 110 valence electrons. The van der Waals surface area contributed by atoms with E-state index >= 15 is 0 Å². The van der Waals surface area contributed by atoms with Crippen LogP contribution >= 0.6 is 0 Å². The van der Waals surface area contributed by atoms with Crippen molar-refractivity contribution < 1.29 is 14.6 Å². The van der Waals surface area contributed by atoms with E-state index in [2.05, 4.69) is 4.90 Å². The fourth-order valence-electron chi connectivity index (χ4n) is 2.70. The van der Waals surface area contributed by atoms with Gasteiger partial charge in [0.05, 0.1) is 18.6 Å². The fraction of sp³-hybridized carbons (Fsp3) is 0.562. The van der Waals surface area contributed by atoms with Gasteiger partial charge in [0.15, 0.2) is 0 Å². The van der Waals surface area contributed by atoms with E-state index in [1.54, 1.807) is 0 Å². The summed E-state index contributed by atoms with van der Waals surface area (Å²) in [5.74, 6) is -0.155. The van der Waals surface area contributed by atoms with Crippen LogP contribution in [-0.4, -0.2) is 42.2 Å².